The fourth-order valence-corrected chi connectivity index (χ4v) is 3.41. The van der Waals surface area contributed by atoms with Crippen molar-refractivity contribution in [3.8, 4) is 11.5 Å². The molecule has 2 aromatic rings. The number of benzene rings is 2. The van der Waals surface area contributed by atoms with Gasteiger partial charge in [-0.15, -0.1) is 0 Å². The maximum atomic E-state index is 12.6. The van der Waals surface area contributed by atoms with Crippen molar-refractivity contribution >= 4 is 29.2 Å². The summed E-state index contributed by atoms with van der Waals surface area (Å²) >= 11 is 6.00. The average molecular weight is 418 g/mol. The van der Waals surface area contributed by atoms with Crippen LogP contribution in [0.5, 0.6) is 11.5 Å². The summed E-state index contributed by atoms with van der Waals surface area (Å²) in [4.78, 5) is 28.0. The van der Waals surface area contributed by atoms with Crippen molar-refractivity contribution in [2.45, 2.75) is 6.42 Å². The van der Waals surface area contributed by atoms with Crippen molar-refractivity contribution in [2.75, 3.05) is 45.3 Å². The van der Waals surface area contributed by atoms with Crippen molar-refractivity contribution in [1.29, 1.82) is 0 Å². The van der Waals surface area contributed by atoms with Crippen LogP contribution in [0.1, 0.15) is 5.56 Å². The first-order valence-electron chi connectivity index (χ1n) is 9.31. The van der Waals surface area contributed by atoms with Crippen LogP contribution in [0.25, 0.3) is 0 Å². The molecule has 0 aliphatic carbocycles. The number of nitrogens with zero attached hydrogens (tertiary/aromatic N) is 2. The van der Waals surface area contributed by atoms with Crippen molar-refractivity contribution in [1.82, 2.24) is 10.2 Å². The van der Waals surface area contributed by atoms with Crippen LogP contribution in [0.3, 0.4) is 0 Å². The molecule has 0 radical (unpaired) electrons. The van der Waals surface area contributed by atoms with E-state index < -0.39 is 0 Å². The molecule has 1 saturated heterocycles. The van der Waals surface area contributed by atoms with Gasteiger partial charge in [0.1, 0.15) is 6.54 Å². The average Bonchev–Trinajstić information content (AvgIpc) is 3.08. The van der Waals surface area contributed by atoms with Crippen LogP contribution in [0, 0.1) is 0 Å². The first kappa shape index (κ1) is 20.8. The lowest BCUT2D eigenvalue weighted by molar-refractivity contribution is -0.121. The van der Waals surface area contributed by atoms with Crippen molar-refractivity contribution < 1.29 is 19.1 Å². The lowest BCUT2D eigenvalue weighted by Crippen LogP contribution is -2.40. The highest BCUT2D eigenvalue weighted by Gasteiger charge is 2.30. The number of methoxy groups -OCH3 is 2. The third kappa shape index (κ3) is 5.12. The van der Waals surface area contributed by atoms with E-state index in [0.717, 1.165) is 11.3 Å². The minimum absolute atomic E-state index is 0.0296. The molecule has 3 amide bonds. The summed E-state index contributed by atoms with van der Waals surface area (Å²) in [6.07, 6.45) is 0.648. The summed E-state index contributed by atoms with van der Waals surface area (Å²) in [6.45, 7) is 1.52. The van der Waals surface area contributed by atoms with Crippen LogP contribution in [0.15, 0.2) is 42.5 Å². The Morgan fingerprint density at radius 1 is 1.10 bits per heavy atom. The second kappa shape index (κ2) is 9.52. The number of halogens is 1. The zero-order chi connectivity index (χ0) is 20.8. The van der Waals surface area contributed by atoms with Gasteiger partial charge in [0.25, 0.3) is 0 Å². The minimum atomic E-state index is -0.192. The van der Waals surface area contributed by atoms with Gasteiger partial charge in [0, 0.05) is 30.3 Å². The van der Waals surface area contributed by atoms with Crippen LogP contribution in [0.4, 0.5) is 10.5 Å². The molecule has 1 heterocycles. The van der Waals surface area contributed by atoms with Crippen molar-refractivity contribution in [2.24, 2.45) is 0 Å². The standard InChI is InChI=1S/C21H24ClN3O4/c1-28-18-7-6-15(12-19(18)29-2)8-9-23-20(26)14-24-10-11-25(21(24)27)17-5-3-4-16(22)13-17/h3-7,12-13H,8-11,14H2,1-2H3,(H,23,26). The molecule has 154 valence electrons. The van der Waals surface area contributed by atoms with E-state index in [4.69, 9.17) is 21.1 Å². The van der Waals surface area contributed by atoms with Crippen LogP contribution in [-0.4, -0.2) is 57.2 Å². The second-order valence-corrected chi connectivity index (χ2v) is 7.06. The predicted octanol–water partition coefficient (Wildman–Crippen LogP) is 2.96. The van der Waals surface area contributed by atoms with Gasteiger partial charge < -0.3 is 19.7 Å². The van der Waals surface area contributed by atoms with Gasteiger partial charge in [-0.3, -0.25) is 9.69 Å². The summed E-state index contributed by atoms with van der Waals surface area (Å²) in [5.41, 5.74) is 1.76. The molecule has 0 aromatic heterocycles. The molecule has 3 rings (SSSR count). The lowest BCUT2D eigenvalue weighted by atomic mass is 10.1. The molecule has 0 atom stereocenters. The Kier molecular flexibility index (Phi) is 6.82. The number of urea groups is 1. The highest BCUT2D eigenvalue weighted by atomic mass is 35.5. The number of carbonyl (C=O) groups is 2. The Morgan fingerprint density at radius 3 is 2.62 bits per heavy atom. The van der Waals surface area contributed by atoms with Gasteiger partial charge in [0.2, 0.25) is 5.91 Å². The molecule has 1 aliphatic rings. The lowest BCUT2D eigenvalue weighted by Gasteiger charge is -2.18. The van der Waals surface area contributed by atoms with Gasteiger partial charge >= 0.3 is 6.03 Å². The fourth-order valence-electron chi connectivity index (χ4n) is 3.22. The maximum Gasteiger partial charge on any atom is 0.325 e. The normalized spacial score (nSPS) is 13.6. The van der Waals surface area contributed by atoms with Crippen LogP contribution in [-0.2, 0) is 11.2 Å². The number of anilines is 1. The topological polar surface area (TPSA) is 71.1 Å². The van der Waals surface area contributed by atoms with E-state index in [0.29, 0.717) is 42.6 Å². The highest BCUT2D eigenvalue weighted by molar-refractivity contribution is 6.30. The van der Waals surface area contributed by atoms with Crippen LogP contribution < -0.4 is 19.7 Å². The summed E-state index contributed by atoms with van der Waals surface area (Å²) < 4.78 is 10.5. The van der Waals surface area contributed by atoms with Crippen molar-refractivity contribution in [3.63, 3.8) is 0 Å². The SMILES string of the molecule is COc1ccc(CCNC(=O)CN2CCN(c3cccc(Cl)c3)C2=O)cc1OC. The number of carbonyl (C=O) groups excluding carboxylic acids is 2. The third-order valence-electron chi connectivity index (χ3n) is 4.73. The fraction of sp³-hybridized carbons (Fsp3) is 0.333. The van der Waals surface area contributed by atoms with Gasteiger partial charge in [0.05, 0.1) is 14.2 Å². The molecule has 1 fully saturated rings. The first-order valence-corrected chi connectivity index (χ1v) is 9.69. The quantitative estimate of drug-likeness (QED) is 0.716. The van der Waals surface area contributed by atoms with E-state index in [2.05, 4.69) is 5.32 Å². The molecule has 29 heavy (non-hydrogen) atoms. The molecule has 1 N–H and O–H groups in total. The Labute approximate surface area is 175 Å². The number of hydrogen-bond donors (Lipinski definition) is 1. The second-order valence-electron chi connectivity index (χ2n) is 6.62. The van der Waals surface area contributed by atoms with Gasteiger partial charge in [-0.05, 0) is 42.3 Å². The van der Waals surface area contributed by atoms with E-state index >= 15 is 0 Å². The Balaban J connectivity index is 1.48. The minimum Gasteiger partial charge on any atom is -0.493 e. The maximum absolute atomic E-state index is 12.6. The zero-order valence-corrected chi connectivity index (χ0v) is 17.2. The van der Waals surface area contributed by atoms with E-state index in [1.807, 2.05) is 24.3 Å². The van der Waals surface area contributed by atoms with E-state index in [-0.39, 0.29) is 18.5 Å². The monoisotopic (exact) mass is 417 g/mol. The number of amides is 3. The highest BCUT2D eigenvalue weighted by Crippen LogP contribution is 2.27. The first-order chi connectivity index (χ1) is 14.0. The van der Waals surface area contributed by atoms with Crippen molar-refractivity contribution in [3.05, 3.63) is 53.1 Å². The summed E-state index contributed by atoms with van der Waals surface area (Å²) in [5.74, 6) is 1.13. The Hall–Kier alpha value is -2.93. The molecule has 0 saturated carbocycles. The van der Waals surface area contributed by atoms with Gasteiger partial charge in [0.15, 0.2) is 11.5 Å². The van der Waals surface area contributed by atoms with Gasteiger partial charge in [-0.25, -0.2) is 4.79 Å². The summed E-state index contributed by atoms with van der Waals surface area (Å²) in [6, 6.07) is 12.6. The number of ether oxygens (including phenoxy) is 2. The van der Waals surface area contributed by atoms with Crippen LogP contribution in [0.2, 0.25) is 5.02 Å². The Bertz CT molecular complexity index is 890. The number of rotatable bonds is 8. The van der Waals surface area contributed by atoms with E-state index in [9.17, 15) is 9.59 Å². The molecular formula is C21H24ClN3O4. The van der Waals surface area contributed by atoms with E-state index in [1.54, 1.807) is 37.3 Å². The summed E-state index contributed by atoms with van der Waals surface area (Å²) in [7, 11) is 3.17. The molecule has 0 unspecified atom stereocenters. The Morgan fingerprint density at radius 2 is 1.90 bits per heavy atom. The molecule has 2 aromatic carbocycles. The molecule has 0 bridgehead atoms. The van der Waals surface area contributed by atoms with E-state index in [1.165, 1.54) is 4.90 Å². The third-order valence-corrected chi connectivity index (χ3v) is 4.97. The van der Waals surface area contributed by atoms with Gasteiger partial charge in [-0.1, -0.05) is 23.7 Å². The number of hydrogen-bond acceptors (Lipinski definition) is 4. The zero-order valence-electron chi connectivity index (χ0n) is 16.5. The molecule has 0 spiro atoms. The molecule has 1 aliphatic heterocycles. The largest absolute Gasteiger partial charge is 0.493 e. The predicted molar refractivity (Wildman–Crippen MR) is 112 cm³/mol. The smallest absolute Gasteiger partial charge is 0.325 e. The molecular weight excluding hydrogens is 394 g/mol. The summed E-state index contributed by atoms with van der Waals surface area (Å²) in [5, 5.41) is 3.43. The van der Waals surface area contributed by atoms with Gasteiger partial charge in [-0.2, -0.15) is 0 Å². The number of nitrogens with one attached hydrogen (secondary N) is 1. The molecule has 8 heteroatoms. The van der Waals surface area contributed by atoms with Crippen LogP contribution >= 0.6 is 11.6 Å². The molecule has 7 nitrogen and oxygen atoms in total.